The average Bonchev–Trinajstić information content (AvgIpc) is 3.27. The highest BCUT2D eigenvalue weighted by molar-refractivity contribution is 7.10. The molecule has 27 heavy (non-hydrogen) atoms. The van der Waals surface area contributed by atoms with Crippen molar-refractivity contribution < 1.29 is 4.79 Å². The van der Waals surface area contributed by atoms with Crippen molar-refractivity contribution in [3.05, 3.63) is 51.6 Å². The van der Waals surface area contributed by atoms with Gasteiger partial charge in [0.1, 0.15) is 5.56 Å². The Morgan fingerprint density at radius 1 is 1.37 bits per heavy atom. The minimum Gasteiger partial charge on any atom is -0.345 e. The predicted octanol–water partition coefficient (Wildman–Crippen LogP) is 3.18. The zero-order chi connectivity index (χ0) is 19.0. The number of hydrogen-bond acceptors (Lipinski definition) is 5. The Morgan fingerprint density at radius 3 is 2.96 bits per heavy atom. The van der Waals surface area contributed by atoms with Gasteiger partial charge in [0.05, 0.1) is 11.9 Å². The van der Waals surface area contributed by atoms with E-state index in [1.165, 1.54) is 16.9 Å². The lowest BCUT2D eigenvalue weighted by Gasteiger charge is -2.32. The summed E-state index contributed by atoms with van der Waals surface area (Å²) >= 11 is 1.84. The van der Waals surface area contributed by atoms with Crippen LogP contribution in [0.25, 0.3) is 5.65 Å². The Kier molecular flexibility index (Phi) is 4.97. The number of amides is 1. The number of aryl methyl sites for hydroxylation is 1. The van der Waals surface area contributed by atoms with Crippen molar-refractivity contribution in [3.8, 4) is 0 Å². The van der Waals surface area contributed by atoms with E-state index in [4.69, 9.17) is 0 Å². The Balaban J connectivity index is 1.60. The summed E-state index contributed by atoms with van der Waals surface area (Å²) in [7, 11) is 3.50. The predicted molar refractivity (Wildman–Crippen MR) is 107 cm³/mol. The molecular weight excluding hydrogens is 358 g/mol. The molecular formula is C20H25N5OS. The standard InChI is InChI=1S/C20H25N5OS/c1-14-7-10-27-18(14)13-24-9-4-5-15(12-24)17-6-8-21-19-16(11-22-25(17)19)20(26)23(2)3/h6-8,10-11,15H,4-5,9,12-13H2,1-3H3/t15-/m0/s1. The quantitative estimate of drug-likeness (QED) is 0.694. The van der Waals surface area contributed by atoms with E-state index in [0.717, 1.165) is 31.7 Å². The highest BCUT2D eigenvalue weighted by atomic mass is 32.1. The maximum absolute atomic E-state index is 12.4. The van der Waals surface area contributed by atoms with Crippen molar-refractivity contribution in [2.75, 3.05) is 27.2 Å². The topological polar surface area (TPSA) is 53.7 Å². The Bertz CT molecular complexity index is 960. The smallest absolute Gasteiger partial charge is 0.258 e. The van der Waals surface area contributed by atoms with Crippen LogP contribution in [0.1, 0.15) is 45.3 Å². The number of nitrogens with zero attached hydrogens (tertiary/aromatic N) is 5. The largest absolute Gasteiger partial charge is 0.345 e. The molecule has 0 spiro atoms. The Morgan fingerprint density at radius 2 is 2.22 bits per heavy atom. The molecule has 0 aromatic carbocycles. The van der Waals surface area contributed by atoms with Crippen molar-refractivity contribution in [1.82, 2.24) is 24.4 Å². The maximum atomic E-state index is 12.4. The number of likely N-dealkylation sites (tertiary alicyclic amines) is 1. The van der Waals surface area contributed by atoms with Gasteiger partial charge in [0.15, 0.2) is 5.65 Å². The van der Waals surface area contributed by atoms with E-state index < -0.39 is 0 Å². The lowest BCUT2D eigenvalue weighted by molar-refractivity contribution is 0.0829. The molecule has 1 fully saturated rings. The fraction of sp³-hybridized carbons (Fsp3) is 0.450. The van der Waals surface area contributed by atoms with Gasteiger partial charge in [-0.2, -0.15) is 5.10 Å². The van der Waals surface area contributed by atoms with Gasteiger partial charge in [0, 0.05) is 44.2 Å². The van der Waals surface area contributed by atoms with Gasteiger partial charge < -0.3 is 4.90 Å². The second-order valence-corrected chi connectivity index (χ2v) is 8.46. The van der Waals surface area contributed by atoms with Gasteiger partial charge in [-0.25, -0.2) is 9.50 Å². The summed E-state index contributed by atoms with van der Waals surface area (Å²) in [6, 6.07) is 4.25. The van der Waals surface area contributed by atoms with Crippen LogP contribution in [0, 0.1) is 6.92 Å². The molecule has 1 atom stereocenters. The fourth-order valence-corrected chi connectivity index (χ4v) is 4.77. The van der Waals surface area contributed by atoms with E-state index in [1.54, 1.807) is 31.4 Å². The van der Waals surface area contributed by atoms with Gasteiger partial charge in [0.2, 0.25) is 0 Å². The summed E-state index contributed by atoms with van der Waals surface area (Å²) < 4.78 is 1.86. The molecule has 7 heteroatoms. The molecule has 0 bridgehead atoms. The summed E-state index contributed by atoms with van der Waals surface area (Å²) in [5, 5.41) is 6.67. The molecule has 1 saturated heterocycles. The molecule has 1 amide bonds. The first-order chi connectivity index (χ1) is 13.0. The lowest BCUT2D eigenvalue weighted by atomic mass is 9.94. The molecule has 0 aliphatic carbocycles. The van der Waals surface area contributed by atoms with Crippen LogP contribution >= 0.6 is 11.3 Å². The number of fused-ring (bicyclic) bond motifs is 1. The third kappa shape index (κ3) is 3.49. The average molecular weight is 384 g/mol. The number of thiophene rings is 1. The molecule has 0 radical (unpaired) electrons. The van der Waals surface area contributed by atoms with Crippen LogP contribution in [0.2, 0.25) is 0 Å². The molecule has 0 saturated carbocycles. The number of hydrogen-bond donors (Lipinski definition) is 0. The first-order valence-electron chi connectivity index (χ1n) is 9.34. The number of piperidine rings is 1. The number of carbonyl (C=O) groups is 1. The summed E-state index contributed by atoms with van der Waals surface area (Å²) in [6.45, 7) is 5.34. The van der Waals surface area contributed by atoms with Crippen molar-refractivity contribution in [2.45, 2.75) is 32.2 Å². The Labute approximate surface area is 163 Å². The molecule has 3 aromatic rings. The minimum absolute atomic E-state index is 0.0620. The molecule has 1 aliphatic rings. The molecule has 0 unspecified atom stereocenters. The molecule has 142 valence electrons. The highest BCUT2D eigenvalue weighted by Gasteiger charge is 2.25. The second-order valence-electron chi connectivity index (χ2n) is 7.46. The number of rotatable bonds is 4. The molecule has 6 nitrogen and oxygen atoms in total. The van der Waals surface area contributed by atoms with Gasteiger partial charge in [-0.3, -0.25) is 9.69 Å². The zero-order valence-corrected chi connectivity index (χ0v) is 16.9. The normalized spacial score (nSPS) is 18.1. The number of aromatic nitrogens is 3. The summed E-state index contributed by atoms with van der Waals surface area (Å²) in [6.07, 6.45) is 5.75. The van der Waals surface area contributed by atoms with E-state index in [0.29, 0.717) is 17.1 Å². The summed E-state index contributed by atoms with van der Waals surface area (Å²) in [4.78, 5) is 22.4. The van der Waals surface area contributed by atoms with Crippen LogP contribution in [-0.4, -0.2) is 57.5 Å². The van der Waals surface area contributed by atoms with Gasteiger partial charge in [-0.15, -0.1) is 11.3 Å². The van der Waals surface area contributed by atoms with Crippen LogP contribution < -0.4 is 0 Å². The third-order valence-electron chi connectivity index (χ3n) is 5.33. The third-order valence-corrected chi connectivity index (χ3v) is 6.33. The Hall–Kier alpha value is -2.25. The van der Waals surface area contributed by atoms with E-state index in [-0.39, 0.29) is 5.91 Å². The molecule has 1 aliphatic heterocycles. The highest BCUT2D eigenvalue weighted by Crippen LogP contribution is 2.29. The monoisotopic (exact) mass is 383 g/mol. The lowest BCUT2D eigenvalue weighted by Crippen LogP contribution is -2.34. The summed E-state index contributed by atoms with van der Waals surface area (Å²) in [5.74, 6) is 0.333. The van der Waals surface area contributed by atoms with Crippen molar-refractivity contribution in [2.24, 2.45) is 0 Å². The first kappa shape index (κ1) is 18.1. The number of carbonyl (C=O) groups excluding carboxylic acids is 1. The zero-order valence-electron chi connectivity index (χ0n) is 16.1. The van der Waals surface area contributed by atoms with E-state index in [9.17, 15) is 4.79 Å². The van der Waals surface area contributed by atoms with Crippen LogP contribution in [0.15, 0.2) is 29.9 Å². The van der Waals surface area contributed by atoms with Crippen LogP contribution in [0.3, 0.4) is 0 Å². The van der Waals surface area contributed by atoms with Crippen molar-refractivity contribution in [1.29, 1.82) is 0 Å². The molecule has 3 aromatic heterocycles. The minimum atomic E-state index is -0.0620. The first-order valence-corrected chi connectivity index (χ1v) is 10.2. The van der Waals surface area contributed by atoms with Crippen molar-refractivity contribution >= 4 is 22.9 Å². The molecule has 4 heterocycles. The molecule has 4 rings (SSSR count). The molecule has 0 N–H and O–H groups in total. The second kappa shape index (κ2) is 7.40. The van der Waals surface area contributed by atoms with Crippen molar-refractivity contribution in [3.63, 3.8) is 0 Å². The van der Waals surface area contributed by atoms with Crippen LogP contribution in [0.4, 0.5) is 0 Å². The SMILES string of the molecule is Cc1ccsc1CN1CCC[C@H](c2ccnc3c(C(=O)N(C)C)cnn23)C1. The van der Waals surface area contributed by atoms with Gasteiger partial charge in [0.25, 0.3) is 5.91 Å². The summed E-state index contributed by atoms with van der Waals surface area (Å²) in [5.41, 5.74) is 3.74. The van der Waals surface area contributed by atoms with E-state index in [2.05, 4.69) is 39.4 Å². The van der Waals surface area contributed by atoms with Crippen LogP contribution in [-0.2, 0) is 6.54 Å². The maximum Gasteiger partial charge on any atom is 0.258 e. The van der Waals surface area contributed by atoms with E-state index in [1.807, 2.05) is 15.9 Å². The van der Waals surface area contributed by atoms with E-state index >= 15 is 0 Å². The fourth-order valence-electron chi connectivity index (χ4n) is 3.82. The van der Waals surface area contributed by atoms with Gasteiger partial charge in [-0.05, 0) is 49.4 Å². The van der Waals surface area contributed by atoms with Gasteiger partial charge >= 0.3 is 0 Å². The van der Waals surface area contributed by atoms with Crippen LogP contribution in [0.5, 0.6) is 0 Å². The van der Waals surface area contributed by atoms with Gasteiger partial charge in [-0.1, -0.05) is 0 Å².